The smallest absolute Gasteiger partial charge is 0.257 e. The van der Waals surface area contributed by atoms with Crippen LogP contribution < -0.4 is 15.1 Å². The van der Waals surface area contributed by atoms with Crippen molar-refractivity contribution in [3.8, 4) is 11.3 Å². The Balaban J connectivity index is 1.21. The van der Waals surface area contributed by atoms with Gasteiger partial charge >= 0.3 is 0 Å². The van der Waals surface area contributed by atoms with Crippen LogP contribution in [0.3, 0.4) is 0 Å². The van der Waals surface area contributed by atoms with Gasteiger partial charge < -0.3 is 19.5 Å². The Bertz CT molecular complexity index is 1260. The van der Waals surface area contributed by atoms with Gasteiger partial charge in [0, 0.05) is 43.6 Å². The number of amides is 1. The van der Waals surface area contributed by atoms with Crippen molar-refractivity contribution in [3.63, 3.8) is 0 Å². The Labute approximate surface area is 197 Å². The second-order valence-corrected chi connectivity index (χ2v) is 8.30. The molecule has 1 atom stereocenters. The van der Waals surface area contributed by atoms with E-state index in [1.807, 2.05) is 31.3 Å². The average molecular weight is 456 g/mol. The van der Waals surface area contributed by atoms with Crippen LogP contribution in [0, 0.1) is 6.92 Å². The zero-order valence-electron chi connectivity index (χ0n) is 19.0. The number of rotatable bonds is 5. The molecule has 4 aromatic heterocycles. The van der Waals surface area contributed by atoms with Gasteiger partial charge in [-0.3, -0.25) is 9.78 Å². The quantitative estimate of drug-likeness (QED) is 0.485. The van der Waals surface area contributed by atoms with Gasteiger partial charge in [-0.15, -0.1) is 0 Å². The van der Waals surface area contributed by atoms with Gasteiger partial charge in [-0.1, -0.05) is 6.07 Å². The van der Waals surface area contributed by atoms with Crippen molar-refractivity contribution in [3.05, 3.63) is 78.8 Å². The second kappa shape index (κ2) is 9.30. The van der Waals surface area contributed by atoms with Crippen LogP contribution in [0.4, 0.5) is 17.5 Å². The third-order valence-electron chi connectivity index (χ3n) is 5.91. The first-order valence-corrected chi connectivity index (χ1v) is 11.1. The number of aryl methyl sites for hydroxylation is 1. The highest BCUT2D eigenvalue weighted by Gasteiger charge is 2.26. The maximum Gasteiger partial charge on any atom is 0.257 e. The first kappa shape index (κ1) is 21.6. The van der Waals surface area contributed by atoms with Crippen molar-refractivity contribution >= 4 is 23.4 Å². The number of pyridine rings is 2. The number of anilines is 3. The van der Waals surface area contributed by atoms with Gasteiger partial charge in [0.1, 0.15) is 5.82 Å². The van der Waals surface area contributed by atoms with Crippen molar-refractivity contribution in [2.45, 2.75) is 19.9 Å². The third-order valence-corrected chi connectivity index (χ3v) is 5.91. The molecular weight excluding hydrogens is 430 g/mol. The molecule has 34 heavy (non-hydrogen) atoms. The molecule has 5 heterocycles. The van der Waals surface area contributed by atoms with Gasteiger partial charge in [-0.2, -0.15) is 0 Å². The molecule has 9 heteroatoms. The van der Waals surface area contributed by atoms with E-state index in [0.717, 1.165) is 42.3 Å². The van der Waals surface area contributed by atoms with Crippen molar-refractivity contribution < 1.29 is 9.21 Å². The molecule has 4 aromatic rings. The van der Waals surface area contributed by atoms with Crippen molar-refractivity contribution in [2.24, 2.45) is 0 Å². The summed E-state index contributed by atoms with van der Waals surface area (Å²) in [5.74, 6) is 1.36. The van der Waals surface area contributed by atoms with Gasteiger partial charge in [0.05, 0.1) is 41.9 Å². The number of carbonyl (C=O) groups excluding carboxylic acids is 1. The lowest BCUT2D eigenvalue weighted by atomic mass is 10.1. The topological polar surface area (TPSA) is 100 Å². The molecule has 1 saturated heterocycles. The number of piperazine rings is 1. The molecule has 0 bridgehead atoms. The number of carbonyl (C=O) groups is 1. The lowest BCUT2D eigenvalue weighted by molar-refractivity contribution is 0.102. The molecule has 9 nitrogen and oxygen atoms in total. The van der Waals surface area contributed by atoms with Crippen LogP contribution in [-0.4, -0.2) is 51.5 Å². The first-order chi connectivity index (χ1) is 16.6. The predicted molar refractivity (Wildman–Crippen MR) is 130 cm³/mol. The highest BCUT2D eigenvalue weighted by atomic mass is 16.3. The summed E-state index contributed by atoms with van der Waals surface area (Å²) in [6, 6.07) is 9.71. The SMILES string of the molecule is Cc1cocc1-c1ccc(C(=O)Nc2cnc(N3CCN(c4ccccn4)C[C@@H]3C)nc2)cn1. The molecule has 1 amide bonds. The van der Waals surface area contributed by atoms with E-state index in [1.165, 1.54) is 0 Å². The Morgan fingerprint density at radius 1 is 1.03 bits per heavy atom. The maximum absolute atomic E-state index is 12.6. The lowest BCUT2D eigenvalue weighted by Gasteiger charge is -2.40. The van der Waals surface area contributed by atoms with Crippen LogP contribution in [0.15, 0.2) is 72.1 Å². The number of nitrogens with zero attached hydrogens (tertiary/aromatic N) is 6. The first-order valence-electron chi connectivity index (χ1n) is 11.1. The summed E-state index contributed by atoms with van der Waals surface area (Å²) >= 11 is 0. The van der Waals surface area contributed by atoms with E-state index in [0.29, 0.717) is 17.2 Å². The largest absolute Gasteiger partial charge is 0.472 e. The van der Waals surface area contributed by atoms with E-state index in [2.05, 4.69) is 42.0 Å². The fraction of sp³-hybridized carbons (Fsp3) is 0.240. The molecule has 0 spiro atoms. The highest BCUT2D eigenvalue weighted by Crippen LogP contribution is 2.23. The highest BCUT2D eigenvalue weighted by molar-refractivity contribution is 6.04. The standard InChI is InChI=1S/C25H25N7O2/c1-17-15-34-16-21(17)22-7-6-19(11-27-22)24(33)30-20-12-28-25(29-13-20)32-10-9-31(14-18(32)2)23-5-3-4-8-26-23/h3-8,11-13,15-16,18H,9-10,14H2,1-2H3,(H,30,33)/t18-/m0/s1. The van der Waals surface area contributed by atoms with E-state index < -0.39 is 0 Å². The Kier molecular flexibility index (Phi) is 5.90. The van der Waals surface area contributed by atoms with Gasteiger partial charge in [-0.05, 0) is 43.7 Å². The molecule has 0 aliphatic carbocycles. The van der Waals surface area contributed by atoms with Crippen LogP contribution in [-0.2, 0) is 0 Å². The third kappa shape index (κ3) is 4.45. The van der Waals surface area contributed by atoms with E-state index in [1.54, 1.807) is 43.2 Å². The number of nitrogens with one attached hydrogen (secondary N) is 1. The van der Waals surface area contributed by atoms with E-state index >= 15 is 0 Å². The van der Waals surface area contributed by atoms with E-state index in [-0.39, 0.29) is 11.9 Å². The normalized spacial score (nSPS) is 15.9. The van der Waals surface area contributed by atoms with Crippen molar-refractivity contribution in [1.29, 1.82) is 0 Å². The Morgan fingerprint density at radius 2 is 1.88 bits per heavy atom. The van der Waals surface area contributed by atoms with Gasteiger partial charge in [0.15, 0.2) is 0 Å². The van der Waals surface area contributed by atoms with Gasteiger partial charge in [0.2, 0.25) is 5.95 Å². The summed E-state index contributed by atoms with van der Waals surface area (Å²) < 4.78 is 5.20. The molecule has 5 rings (SSSR count). The number of hydrogen-bond acceptors (Lipinski definition) is 8. The minimum absolute atomic E-state index is 0.222. The molecule has 172 valence electrons. The van der Waals surface area contributed by atoms with Crippen molar-refractivity contribution in [1.82, 2.24) is 19.9 Å². The monoisotopic (exact) mass is 455 g/mol. The summed E-state index contributed by atoms with van der Waals surface area (Å²) in [7, 11) is 0. The Morgan fingerprint density at radius 3 is 2.53 bits per heavy atom. The molecule has 1 N–H and O–H groups in total. The lowest BCUT2D eigenvalue weighted by Crippen LogP contribution is -2.53. The fourth-order valence-electron chi connectivity index (χ4n) is 4.05. The summed E-state index contributed by atoms with van der Waals surface area (Å²) in [6.07, 6.45) is 9.95. The summed E-state index contributed by atoms with van der Waals surface area (Å²) in [5.41, 5.74) is 3.64. The summed E-state index contributed by atoms with van der Waals surface area (Å²) in [4.78, 5) is 34.9. The zero-order valence-corrected chi connectivity index (χ0v) is 19.0. The van der Waals surface area contributed by atoms with Crippen LogP contribution in [0.1, 0.15) is 22.8 Å². The summed E-state index contributed by atoms with van der Waals surface area (Å²) in [5, 5.41) is 2.84. The molecule has 0 radical (unpaired) electrons. The second-order valence-electron chi connectivity index (χ2n) is 8.30. The number of furan rings is 1. The molecule has 1 aliphatic rings. The predicted octanol–water partition coefficient (Wildman–Crippen LogP) is 3.80. The maximum atomic E-state index is 12.6. The average Bonchev–Trinajstić information content (AvgIpc) is 3.31. The van der Waals surface area contributed by atoms with Crippen LogP contribution >= 0.6 is 0 Å². The fourth-order valence-corrected chi connectivity index (χ4v) is 4.05. The molecule has 1 fully saturated rings. The van der Waals surface area contributed by atoms with E-state index in [9.17, 15) is 4.79 Å². The minimum atomic E-state index is -0.267. The molecule has 0 saturated carbocycles. The van der Waals surface area contributed by atoms with Gasteiger partial charge in [0.25, 0.3) is 5.91 Å². The molecular formula is C25H25N7O2. The minimum Gasteiger partial charge on any atom is -0.472 e. The summed E-state index contributed by atoms with van der Waals surface area (Å²) in [6.45, 7) is 6.56. The number of aromatic nitrogens is 4. The van der Waals surface area contributed by atoms with Crippen LogP contribution in [0.2, 0.25) is 0 Å². The van der Waals surface area contributed by atoms with E-state index in [4.69, 9.17) is 4.42 Å². The molecule has 1 aliphatic heterocycles. The number of hydrogen-bond donors (Lipinski definition) is 1. The zero-order chi connectivity index (χ0) is 23.5. The van der Waals surface area contributed by atoms with Crippen molar-refractivity contribution in [2.75, 3.05) is 34.8 Å². The molecule has 0 aromatic carbocycles. The van der Waals surface area contributed by atoms with Crippen LogP contribution in [0.5, 0.6) is 0 Å². The van der Waals surface area contributed by atoms with Crippen LogP contribution in [0.25, 0.3) is 11.3 Å². The Hall–Kier alpha value is -4.27. The van der Waals surface area contributed by atoms with Gasteiger partial charge in [-0.25, -0.2) is 15.0 Å². The molecule has 0 unspecified atom stereocenters.